The smallest absolute Gasteiger partial charge is 0.263 e. The lowest BCUT2D eigenvalue weighted by atomic mass is 9.90. The minimum Gasteiger partial charge on any atom is -0.263 e. The van der Waals surface area contributed by atoms with Crippen LogP contribution in [0.3, 0.4) is 0 Å². The zero-order valence-electron chi connectivity index (χ0n) is 12.8. The Bertz CT molecular complexity index is 650. The first-order chi connectivity index (χ1) is 10.5. The van der Waals surface area contributed by atoms with Gasteiger partial charge in [0.2, 0.25) is 0 Å². The van der Waals surface area contributed by atoms with Crippen LogP contribution in [0.1, 0.15) is 38.7 Å². The number of nitro groups is 1. The fourth-order valence-electron chi connectivity index (χ4n) is 2.53. The van der Waals surface area contributed by atoms with Crippen molar-refractivity contribution in [2.24, 2.45) is 4.99 Å². The molecule has 1 aromatic carbocycles. The van der Waals surface area contributed by atoms with Gasteiger partial charge in [0.1, 0.15) is 0 Å². The third-order valence-electron chi connectivity index (χ3n) is 3.75. The molecule has 1 aliphatic rings. The SMILES string of the molecule is CCC1=CC(I)([N+](=O)[O-])CC(CC)=C1N=Cc1ccccc1. The Labute approximate surface area is 144 Å². The van der Waals surface area contributed by atoms with Crippen LogP contribution < -0.4 is 0 Å². The molecule has 1 atom stereocenters. The van der Waals surface area contributed by atoms with E-state index in [2.05, 4.69) is 4.99 Å². The summed E-state index contributed by atoms with van der Waals surface area (Å²) < 4.78 is -1.04. The van der Waals surface area contributed by atoms with Crippen LogP contribution in [0.2, 0.25) is 0 Å². The van der Waals surface area contributed by atoms with Crippen LogP contribution in [0.4, 0.5) is 0 Å². The molecule has 0 aromatic heterocycles. The predicted molar refractivity (Wildman–Crippen MR) is 98.1 cm³/mol. The summed E-state index contributed by atoms with van der Waals surface area (Å²) in [6, 6.07) is 9.89. The van der Waals surface area contributed by atoms with Crippen LogP contribution in [0.15, 0.2) is 58.2 Å². The molecule has 0 saturated heterocycles. The second-order valence-electron chi connectivity index (χ2n) is 5.25. The molecule has 0 amide bonds. The van der Waals surface area contributed by atoms with Gasteiger partial charge in [-0.15, -0.1) is 0 Å². The molecular weight excluding hydrogens is 391 g/mol. The number of aliphatic imine (C=N–C) groups is 1. The van der Waals surface area contributed by atoms with Crippen molar-refractivity contribution in [3.8, 4) is 0 Å². The highest BCUT2D eigenvalue weighted by molar-refractivity contribution is 14.1. The van der Waals surface area contributed by atoms with Crippen LogP contribution in [0.5, 0.6) is 0 Å². The van der Waals surface area contributed by atoms with Crippen LogP contribution in [-0.4, -0.2) is 14.7 Å². The molecule has 0 saturated carbocycles. The summed E-state index contributed by atoms with van der Waals surface area (Å²) in [4.78, 5) is 15.8. The number of nitrogens with zero attached hydrogens (tertiary/aromatic N) is 2. The van der Waals surface area contributed by atoms with E-state index in [1.54, 1.807) is 6.08 Å². The van der Waals surface area contributed by atoms with Crippen molar-refractivity contribution in [3.63, 3.8) is 0 Å². The highest BCUT2D eigenvalue weighted by atomic mass is 127. The van der Waals surface area contributed by atoms with E-state index in [0.717, 1.165) is 35.2 Å². The van der Waals surface area contributed by atoms with E-state index in [1.165, 1.54) is 0 Å². The summed E-state index contributed by atoms with van der Waals surface area (Å²) >= 11 is 1.95. The van der Waals surface area contributed by atoms with Crippen molar-refractivity contribution in [2.45, 2.75) is 36.7 Å². The Morgan fingerprint density at radius 1 is 1.32 bits per heavy atom. The average molecular weight is 410 g/mol. The van der Waals surface area contributed by atoms with Crippen LogP contribution in [0.25, 0.3) is 0 Å². The maximum absolute atomic E-state index is 11.4. The molecule has 0 fully saturated rings. The Morgan fingerprint density at radius 2 is 2.00 bits per heavy atom. The zero-order chi connectivity index (χ0) is 16.2. The quantitative estimate of drug-likeness (QED) is 0.173. The fourth-order valence-corrected chi connectivity index (χ4v) is 3.36. The molecule has 2 rings (SSSR count). The molecule has 0 aliphatic heterocycles. The molecule has 22 heavy (non-hydrogen) atoms. The van der Waals surface area contributed by atoms with Gasteiger partial charge >= 0.3 is 0 Å². The van der Waals surface area contributed by atoms with Crippen molar-refractivity contribution in [1.29, 1.82) is 0 Å². The van der Waals surface area contributed by atoms with Crippen molar-refractivity contribution in [1.82, 2.24) is 0 Å². The Morgan fingerprint density at radius 3 is 2.55 bits per heavy atom. The van der Waals surface area contributed by atoms with E-state index in [0.29, 0.717) is 6.42 Å². The molecule has 0 radical (unpaired) electrons. The standard InChI is InChI=1S/C17H19IN2O2/c1-3-14-10-17(18,20(21)22)11-15(4-2)16(14)19-12-13-8-6-5-7-9-13/h5-10,12H,3-4,11H2,1-2H3. The topological polar surface area (TPSA) is 55.5 Å². The first kappa shape index (κ1) is 16.9. The zero-order valence-corrected chi connectivity index (χ0v) is 14.9. The van der Waals surface area contributed by atoms with Crippen LogP contribution >= 0.6 is 22.6 Å². The maximum Gasteiger partial charge on any atom is 0.292 e. The molecule has 5 heteroatoms. The third-order valence-corrected chi connectivity index (χ3v) is 4.84. The Kier molecular flexibility index (Phi) is 5.50. The van der Waals surface area contributed by atoms with Gasteiger partial charge < -0.3 is 0 Å². The molecule has 4 nitrogen and oxygen atoms in total. The predicted octanol–water partition coefficient (Wildman–Crippen LogP) is 4.92. The van der Waals surface area contributed by atoms with Gasteiger partial charge in [-0.05, 0) is 29.6 Å². The third kappa shape index (κ3) is 3.63. The number of alkyl halides is 1. The van der Waals surface area contributed by atoms with E-state index in [9.17, 15) is 10.1 Å². The molecule has 0 spiro atoms. The van der Waals surface area contributed by atoms with Crippen molar-refractivity contribution in [3.05, 3.63) is 68.9 Å². The van der Waals surface area contributed by atoms with Gasteiger partial charge in [-0.1, -0.05) is 44.2 Å². The van der Waals surface area contributed by atoms with E-state index in [1.807, 2.05) is 73.0 Å². The summed E-state index contributed by atoms with van der Waals surface area (Å²) in [5.41, 5.74) is 3.96. The molecule has 0 heterocycles. The summed E-state index contributed by atoms with van der Waals surface area (Å²) in [5.74, 6) is 0. The van der Waals surface area contributed by atoms with Gasteiger partial charge in [-0.2, -0.15) is 0 Å². The summed E-state index contributed by atoms with van der Waals surface area (Å²) in [6.45, 7) is 4.04. The second-order valence-corrected chi connectivity index (χ2v) is 7.12. The number of benzene rings is 1. The van der Waals surface area contributed by atoms with Crippen molar-refractivity contribution in [2.75, 3.05) is 0 Å². The first-order valence-electron chi connectivity index (χ1n) is 7.36. The summed E-state index contributed by atoms with van der Waals surface area (Å²) in [7, 11) is 0. The molecule has 1 aromatic rings. The van der Waals surface area contributed by atoms with Crippen LogP contribution in [-0.2, 0) is 0 Å². The molecule has 116 valence electrons. The normalized spacial score (nSPS) is 22.0. The number of halogens is 1. The number of hydrogen-bond acceptors (Lipinski definition) is 3. The largest absolute Gasteiger partial charge is 0.292 e. The Hall–Kier alpha value is -1.50. The van der Waals surface area contributed by atoms with Crippen LogP contribution in [0, 0.1) is 10.1 Å². The lowest BCUT2D eigenvalue weighted by Crippen LogP contribution is -2.32. The van der Waals surface area contributed by atoms with Gasteiger partial charge in [-0.3, -0.25) is 15.1 Å². The molecule has 1 aliphatic carbocycles. The number of rotatable bonds is 5. The Balaban J connectivity index is 2.40. The van der Waals surface area contributed by atoms with Gasteiger partial charge in [0.05, 0.1) is 12.1 Å². The molecule has 1 unspecified atom stereocenters. The van der Waals surface area contributed by atoms with E-state index in [4.69, 9.17) is 0 Å². The van der Waals surface area contributed by atoms with Gasteiger partial charge in [0.15, 0.2) is 0 Å². The summed E-state index contributed by atoms with van der Waals surface area (Å²) in [5, 5.41) is 11.4. The van der Waals surface area contributed by atoms with E-state index >= 15 is 0 Å². The molecule has 0 N–H and O–H groups in total. The maximum atomic E-state index is 11.4. The monoisotopic (exact) mass is 410 g/mol. The highest BCUT2D eigenvalue weighted by Gasteiger charge is 2.41. The second kappa shape index (κ2) is 7.17. The van der Waals surface area contributed by atoms with Crippen molar-refractivity contribution < 1.29 is 4.92 Å². The average Bonchev–Trinajstić information content (AvgIpc) is 2.53. The van der Waals surface area contributed by atoms with E-state index < -0.39 is 3.55 Å². The fraction of sp³-hybridized carbons (Fsp3) is 0.353. The lowest BCUT2D eigenvalue weighted by Gasteiger charge is -2.25. The highest BCUT2D eigenvalue weighted by Crippen LogP contribution is 2.40. The first-order valence-corrected chi connectivity index (χ1v) is 8.44. The minimum atomic E-state index is -1.04. The van der Waals surface area contributed by atoms with E-state index in [-0.39, 0.29) is 4.92 Å². The van der Waals surface area contributed by atoms with Crippen molar-refractivity contribution >= 4 is 28.8 Å². The molecular formula is C17H19IN2O2. The van der Waals surface area contributed by atoms with Gasteiger partial charge in [0.25, 0.3) is 3.55 Å². The number of hydrogen-bond donors (Lipinski definition) is 0. The van der Waals surface area contributed by atoms with Gasteiger partial charge in [-0.25, -0.2) is 0 Å². The minimum absolute atomic E-state index is 0.198. The lowest BCUT2D eigenvalue weighted by molar-refractivity contribution is -0.517. The molecule has 0 bridgehead atoms. The number of allylic oxidation sites excluding steroid dienone is 1. The van der Waals surface area contributed by atoms with Gasteiger partial charge in [0, 0.05) is 39.8 Å². The summed E-state index contributed by atoms with van der Waals surface area (Å²) in [6.07, 6.45) is 5.54.